The van der Waals surface area contributed by atoms with E-state index in [9.17, 15) is 14.7 Å². The molecule has 2 bridgehead atoms. The van der Waals surface area contributed by atoms with Crippen LogP contribution >= 0.6 is 0 Å². The monoisotopic (exact) mass is 286 g/mol. The summed E-state index contributed by atoms with van der Waals surface area (Å²) in [6.45, 7) is 2.35. The zero-order valence-corrected chi connectivity index (χ0v) is 11.8. The Morgan fingerprint density at radius 2 is 2.05 bits per heavy atom. The largest absolute Gasteiger partial charge is 0.481 e. The standard InChI is InChI=1S/C16H18N2O3/c1-9-7-17-5-4-12(9)8-18-15(19)13-10-2-3-11(6-10)14(13)16(20)21/h2-5,7,10-11,13-14H,6,8H2,1H3,(H,18,19)(H,20,21)/t10?,11?,13-,14+/m0/s1. The van der Waals surface area contributed by atoms with Crippen molar-refractivity contribution >= 4 is 11.9 Å². The Morgan fingerprint density at radius 3 is 2.71 bits per heavy atom. The predicted molar refractivity (Wildman–Crippen MR) is 76.2 cm³/mol. The van der Waals surface area contributed by atoms with Crippen molar-refractivity contribution in [2.45, 2.75) is 19.9 Å². The van der Waals surface area contributed by atoms with Crippen molar-refractivity contribution in [3.63, 3.8) is 0 Å². The van der Waals surface area contributed by atoms with Crippen molar-refractivity contribution in [2.75, 3.05) is 0 Å². The molecule has 3 rings (SSSR count). The molecule has 5 heteroatoms. The maximum absolute atomic E-state index is 12.4. The fourth-order valence-corrected chi connectivity index (χ4v) is 3.52. The Kier molecular flexibility index (Phi) is 3.49. The molecule has 0 aliphatic heterocycles. The molecule has 1 aromatic rings. The SMILES string of the molecule is Cc1cnccc1CNC(=O)[C@H]1C2C=CC(C2)[C@H]1C(=O)O. The van der Waals surface area contributed by atoms with Crippen LogP contribution in [0.4, 0.5) is 0 Å². The Balaban J connectivity index is 1.69. The zero-order valence-electron chi connectivity index (χ0n) is 11.8. The molecular weight excluding hydrogens is 268 g/mol. The van der Waals surface area contributed by atoms with E-state index in [0.717, 1.165) is 17.5 Å². The van der Waals surface area contributed by atoms with Crippen LogP contribution in [-0.2, 0) is 16.1 Å². The van der Waals surface area contributed by atoms with E-state index in [1.165, 1.54) is 0 Å². The van der Waals surface area contributed by atoms with Crippen LogP contribution in [0.25, 0.3) is 0 Å². The lowest BCUT2D eigenvalue weighted by atomic mass is 9.82. The van der Waals surface area contributed by atoms with E-state index in [0.29, 0.717) is 6.54 Å². The van der Waals surface area contributed by atoms with E-state index < -0.39 is 17.8 Å². The smallest absolute Gasteiger partial charge is 0.307 e. The predicted octanol–water partition coefficient (Wildman–Crippen LogP) is 1.53. The van der Waals surface area contributed by atoms with Crippen LogP contribution in [0.3, 0.4) is 0 Å². The Bertz CT molecular complexity index is 611. The van der Waals surface area contributed by atoms with E-state index in [1.807, 2.05) is 25.1 Å². The highest BCUT2D eigenvalue weighted by Crippen LogP contribution is 2.48. The van der Waals surface area contributed by atoms with Gasteiger partial charge in [0.2, 0.25) is 5.91 Å². The fraction of sp³-hybridized carbons (Fsp3) is 0.438. The quantitative estimate of drug-likeness (QED) is 0.823. The molecule has 0 spiro atoms. The number of carbonyl (C=O) groups is 2. The van der Waals surface area contributed by atoms with Crippen LogP contribution in [0, 0.1) is 30.6 Å². The maximum Gasteiger partial charge on any atom is 0.307 e. The third-order valence-corrected chi connectivity index (χ3v) is 4.64. The summed E-state index contributed by atoms with van der Waals surface area (Å²) in [5.74, 6) is -1.98. The second-order valence-electron chi connectivity index (χ2n) is 5.86. The highest BCUT2D eigenvalue weighted by Gasteiger charge is 2.51. The maximum atomic E-state index is 12.4. The van der Waals surface area contributed by atoms with E-state index in [2.05, 4.69) is 10.3 Å². The number of fused-ring (bicyclic) bond motifs is 2. The number of pyridine rings is 1. The lowest BCUT2D eigenvalue weighted by molar-refractivity contribution is -0.147. The number of carbonyl (C=O) groups excluding carboxylic acids is 1. The van der Waals surface area contributed by atoms with E-state index >= 15 is 0 Å². The van der Waals surface area contributed by atoms with Gasteiger partial charge in [-0.25, -0.2) is 0 Å². The minimum atomic E-state index is -0.868. The van der Waals surface area contributed by atoms with Crippen LogP contribution < -0.4 is 5.32 Å². The van der Waals surface area contributed by atoms with Gasteiger partial charge in [-0.1, -0.05) is 12.2 Å². The van der Waals surface area contributed by atoms with Crippen molar-refractivity contribution in [2.24, 2.45) is 23.7 Å². The first-order chi connectivity index (χ1) is 10.1. The van der Waals surface area contributed by atoms with Gasteiger partial charge in [0.1, 0.15) is 0 Å². The number of aryl methyl sites for hydroxylation is 1. The zero-order chi connectivity index (χ0) is 15.0. The number of amides is 1. The summed E-state index contributed by atoms with van der Waals surface area (Å²) >= 11 is 0. The molecular formula is C16H18N2O3. The second-order valence-corrected chi connectivity index (χ2v) is 5.86. The number of nitrogens with one attached hydrogen (secondary N) is 1. The van der Waals surface area contributed by atoms with Gasteiger partial charge in [-0.15, -0.1) is 0 Å². The summed E-state index contributed by atoms with van der Waals surface area (Å²) in [6, 6.07) is 1.87. The molecule has 1 saturated carbocycles. The Morgan fingerprint density at radius 1 is 1.33 bits per heavy atom. The average molecular weight is 286 g/mol. The molecule has 0 saturated heterocycles. The third kappa shape index (κ3) is 2.44. The number of allylic oxidation sites excluding steroid dienone is 2. The fourth-order valence-electron chi connectivity index (χ4n) is 3.52. The Hall–Kier alpha value is -2.17. The molecule has 2 N–H and O–H groups in total. The summed E-state index contributed by atoms with van der Waals surface area (Å²) in [6.07, 6.45) is 8.16. The first kappa shape index (κ1) is 13.8. The van der Waals surface area contributed by atoms with Crippen LogP contribution in [0.1, 0.15) is 17.5 Å². The van der Waals surface area contributed by atoms with Gasteiger partial charge < -0.3 is 10.4 Å². The number of carboxylic acid groups (broad SMARTS) is 1. The highest BCUT2D eigenvalue weighted by atomic mass is 16.4. The third-order valence-electron chi connectivity index (χ3n) is 4.64. The molecule has 2 aliphatic rings. The highest BCUT2D eigenvalue weighted by molar-refractivity contribution is 5.86. The van der Waals surface area contributed by atoms with Crippen molar-refractivity contribution in [1.29, 1.82) is 0 Å². The van der Waals surface area contributed by atoms with Gasteiger partial charge >= 0.3 is 5.97 Å². The van der Waals surface area contributed by atoms with E-state index in [-0.39, 0.29) is 17.7 Å². The van der Waals surface area contributed by atoms with Gasteiger partial charge in [0.15, 0.2) is 0 Å². The summed E-state index contributed by atoms with van der Waals surface area (Å²) in [7, 11) is 0. The number of rotatable bonds is 4. The van der Waals surface area contributed by atoms with E-state index in [4.69, 9.17) is 0 Å². The van der Waals surface area contributed by atoms with Crippen molar-refractivity contribution in [3.8, 4) is 0 Å². The van der Waals surface area contributed by atoms with Crippen LogP contribution in [0.15, 0.2) is 30.6 Å². The topological polar surface area (TPSA) is 79.3 Å². The number of hydrogen-bond acceptors (Lipinski definition) is 3. The van der Waals surface area contributed by atoms with Crippen molar-refractivity contribution in [3.05, 3.63) is 41.7 Å². The van der Waals surface area contributed by atoms with Gasteiger partial charge in [0, 0.05) is 18.9 Å². The average Bonchev–Trinajstić information content (AvgIpc) is 3.06. The van der Waals surface area contributed by atoms with Crippen molar-refractivity contribution in [1.82, 2.24) is 10.3 Å². The number of nitrogens with zero attached hydrogens (tertiary/aromatic N) is 1. The molecule has 1 heterocycles. The molecule has 1 fully saturated rings. The van der Waals surface area contributed by atoms with Crippen LogP contribution in [-0.4, -0.2) is 22.0 Å². The number of aromatic nitrogens is 1. The second kappa shape index (κ2) is 5.31. The lowest BCUT2D eigenvalue weighted by Crippen LogP contribution is -2.40. The number of aliphatic carboxylic acids is 1. The minimum absolute atomic E-state index is 0.00547. The normalized spacial score (nSPS) is 29.6. The summed E-state index contributed by atoms with van der Waals surface area (Å²) in [5.41, 5.74) is 2.02. The summed E-state index contributed by atoms with van der Waals surface area (Å²) < 4.78 is 0. The number of carboxylic acids is 1. The van der Waals surface area contributed by atoms with Gasteiger partial charge in [0.25, 0.3) is 0 Å². The molecule has 110 valence electrons. The Labute approximate surface area is 123 Å². The summed E-state index contributed by atoms with van der Waals surface area (Å²) in [5, 5.41) is 12.2. The molecule has 1 amide bonds. The molecule has 1 aromatic heterocycles. The first-order valence-electron chi connectivity index (χ1n) is 7.16. The number of hydrogen-bond donors (Lipinski definition) is 2. The molecule has 5 nitrogen and oxygen atoms in total. The minimum Gasteiger partial charge on any atom is -0.481 e. The molecule has 0 aromatic carbocycles. The van der Waals surface area contributed by atoms with Gasteiger partial charge in [-0.3, -0.25) is 14.6 Å². The first-order valence-corrected chi connectivity index (χ1v) is 7.16. The van der Waals surface area contributed by atoms with Crippen LogP contribution in [0.5, 0.6) is 0 Å². The van der Waals surface area contributed by atoms with E-state index in [1.54, 1.807) is 12.4 Å². The molecule has 0 radical (unpaired) electrons. The van der Waals surface area contributed by atoms with Gasteiger partial charge in [-0.05, 0) is 42.4 Å². The lowest BCUT2D eigenvalue weighted by Gasteiger charge is -2.24. The van der Waals surface area contributed by atoms with Crippen molar-refractivity contribution < 1.29 is 14.7 Å². The molecule has 2 aliphatic carbocycles. The molecule has 2 unspecified atom stereocenters. The summed E-state index contributed by atoms with van der Waals surface area (Å²) in [4.78, 5) is 27.8. The van der Waals surface area contributed by atoms with Gasteiger partial charge in [0.05, 0.1) is 11.8 Å². The van der Waals surface area contributed by atoms with Crippen LogP contribution in [0.2, 0.25) is 0 Å². The van der Waals surface area contributed by atoms with Gasteiger partial charge in [-0.2, -0.15) is 0 Å². The molecule has 4 atom stereocenters. The molecule has 21 heavy (non-hydrogen) atoms.